The average molecular weight is 328 g/mol. The first kappa shape index (κ1) is 16.2. The van der Waals surface area contributed by atoms with Crippen molar-refractivity contribution in [3.05, 3.63) is 46.8 Å². The quantitative estimate of drug-likeness (QED) is 0.833. The maximum Gasteiger partial charge on any atom is 0.309 e. The van der Waals surface area contributed by atoms with Crippen LogP contribution in [0.25, 0.3) is 5.69 Å². The normalized spacial score (nSPS) is 14.2. The Bertz CT molecular complexity index is 780. The lowest BCUT2D eigenvalue weighted by Gasteiger charge is -2.23. The summed E-state index contributed by atoms with van der Waals surface area (Å²) < 4.78 is 6.45. The first-order valence-electron chi connectivity index (χ1n) is 7.75. The average Bonchev–Trinajstić information content (AvgIpc) is 2.94. The summed E-state index contributed by atoms with van der Waals surface area (Å²) in [5, 5.41) is 4.43. The van der Waals surface area contributed by atoms with E-state index in [-0.39, 0.29) is 12.4 Å². The second-order valence-corrected chi connectivity index (χ2v) is 5.96. The molecule has 0 radical (unpaired) electrons. The molecule has 0 unspecified atom stereocenters. The number of nitrogens with two attached hydrogens (primary N) is 1. The van der Waals surface area contributed by atoms with Crippen molar-refractivity contribution in [1.82, 2.24) is 14.7 Å². The topological polar surface area (TPSA) is 90.5 Å². The van der Waals surface area contributed by atoms with Gasteiger partial charge in [-0.2, -0.15) is 5.10 Å². The molecule has 1 aliphatic rings. The Morgan fingerprint density at radius 2 is 2.00 bits per heavy atom. The molecule has 2 aromatic rings. The minimum Gasteiger partial charge on any atom is -0.469 e. The van der Waals surface area contributed by atoms with E-state index in [1.165, 1.54) is 7.11 Å². The number of methoxy groups -OCH3 is 1. The van der Waals surface area contributed by atoms with Gasteiger partial charge in [0.15, 0.2) is 5.69 Å². The van der Waals surface area contributed by atoms with Crippen molar-refractivity contribution < 1.29 is 14.3 Å². The summed E-state index contributed by atoms with van der Waals surface area (Å²) in [6, 6.07) is 7.49. The molecule has 2 heterocycles. The number of aromatic nitrogens is 2. The monoisotopic (exact) mass is 328 g/mol. The SMILES string of the molecule is COC(=O)Cc1ccc(-n2nc(C(N)=O)c3c2CCN(C)C3)cc1. The number of hydrogen-bond acceptors (Lipinski definition) is 5. The lowest BCUT2D eigenvalue weighted by molar-refractivity contribution is -0.139. The molecule has 126 valence electrons. The fraction of sp³-hybridized carbons (Fsp3) is 0.353. The Hall–Kier alpha value is -2.67. The number of amides is 1. The first-order valence-corrected chi connectivity index (χ1v) is 7.75. The Labute approximate surface area is 140 Å². The van der Waals surface area contributed by atoms with Crippen molar-refractivity contribution in [2.45, 2.75) is 19.4 Å². The van der Waals surface area contributed by atoms with Crippen LogP contribution < -0.4 is 5.73 Å². The second-order valence-electron chi connectivity index (χ2n) is 5.96. The predicted octanol–water partition coefficient (Wildman–Crippen LogP) is 0.675. The molecule has 0 fully saturated rings. The summed E-state index contributed by atoms with van der Waals surface area (Å²) >= 11 is 0. The van der Waals surface area contributed by atoms with Crippen molar-refractivity contribution in [3.8, 4) is 5.69 Å². The van der Waals surface area contributed by atoms with Gasteiger partial charge >= 0.3 is 5.97 Å². The third-order valence-corrected chi connectivity index (χ3v) is 4.24. The molecule has 1 aromatic heterocycles. The Balaban J connectivity index is 1.96. The van der Waals surface area contributed by atoms with Crippen LogP contribution in [0.15, 0.2) is 24.3 Å². The Morgan fingerprint density at radius 1 is 1.29 bits per heavy atom. The van der Waals surface area contributed by atoms with E-state index in [0.29, 0.717) is 12.2 Å². The van der Waals surface area contributed by atoms with E-state index in [9.17, 15) is 9.59 Å². The van der Waals surface area contributed by atoms with Crippen molar-refractivity contribution in [2.75, 3.05) is 20.7 Å². The molecular formula is C17H20N4O3. The molecule has 7 heteroatoms. The number of benzene rings is 1. The maximum absolute atomic E-state index is 11.7. The molecule has 3 rings (SSSR count). The molecule has 7 nitrogen and oxygen atoms in total. The minimum atomic E-state index is -0.511. The predicted molar refractivity (Wildman–Crippen MR) is 87.8 cm³/mol. The highest BCUT2D eigenvalue weighted by Crippen LogP contribution is 2.24. The summed E-state index contributed by atoms with van der Waals surface area (Å²) in [4.78, 5) is 25.2. The number of rotatable bonds is 4. The van der Waals surface area contributed by atoms with Gasteiger partial charge in [-0.15, -0.1) is 0 Å². The molecule has 2 N–H and O–H groups in total. The van der Waals surface area contributed by atoms with Crippen LogP contribution in [0, 0.1) is 0 Å². The zero-order valence-corrected chi connectivity index (χ0v) is 13.8. The first-order chi connectivity index (χ1) is 11.5. The fourth-order valence-electron chi connectivity index (χ4n) is 2.96. The van der Waals surface area contributed by atoms with E-state index in [1.807, 2.05) is 31.3 Å². The van der Waals surface area contributed by atoms with Gasteiger partial charge in [0.25, 0.3) is 5.91 Å². The van der Waals surface area contributed by atoms with Crippen molar-refractivity contribution in [1.29, 1.82) is 0 Å². The van der Waals surface area contributed by atoms with Crippen LogP contribution in [0.2, 0.25) is 0 Å². The van der Waals surface area contributed by atoms with Gasteiger partial charge in [-0.3, -0.25) is 9.59 Å². The number of carbonyl (C=O) groups excluding carboxylic acids is 2. The number of hydrogen-bond donors (Lipinski definition) is 1. The van der Waals surface area contributed by atoms with E-state index in [1.54, 1.807) is 4.68 Å². The van der Waals surface area contributed by atoms with Gasteiger partial charge in [-0.05, 0) is 24.7 Å². The Kier molecular flexibility index (Phi) is 4.35. The molecule has 1 aromatic carbocycles. The van der Waals surface area contributed by atoms with Crippen LogP contribution in [0.1, 0.15) is 27.3 Å². The zero-order valence-electron chi connectivity index (χ0n) is 13.8. The van der Waals surface area contributed by atoms with E-state index in [0.717, 1.165) is 35.5 Å². The second kappa shape index (κ2) is 6.45. The molecule has 0 aliphatic carbocycles. The molecular weight excluding hydrogens is 308 g/mol. The van der Waals surface area contributed by atoms with E-state index in [2.05, 4.69) is 14.7 Å². The number of likely N-dealkylation sites (N-methyl/N-ethyl adjacent to an activating group) is 1. The number of carbonyl (C=O) groups is 2. The number of fused-ring (bicyclic) bond motifs is 1. The van der Waals surface area contributed by atoms with Crippen LogP contribution in [-0.4, -0.2) is 47.3 Å². The lowest BCUT2D eigenvalue weighted by Crippen LogP contribution is -2.28. The number of ether oxygens (including phenoxy) is 1. The van der Waals surface area contributed by atoms with Gasteiger partial charge in [-0.1, -0.05) is 12.1 Å². The standard InChI is InChI=1S/C17H20N4O3/c1-20-8-7-14-13(10-20)16(17(18)23)19-21(14)12-5-3-11(4-6-12)9-15(22)24-2/h3-6H,7-10H2,1-2H3,(H2,18,23). The number of primary amides is 1. The molecule has 0 atom stereocenters. The molecule has 0 bridgehead atoms. The third kappa shape index (κ3) is 3.03. The van der Waals surface area contributed by atoms with E-state index < -0.39 is 5.91 Å². The summed E-state index contributed by atoms with van der Waals surface area (Å²) in [7, 11) is 3.38. The van der Waals surface area contributed by atoms with Gasteiger partial charge < -0.3 is 15.4 Å². The van der Waals surface area contributed by atoms with Crippen LogP contribution >= 0.6 is 0 Å². The molecule has 24 heavy (non-hydrogen) atoms. The van der Waals surface area contributed by atoms with Crippen molar-refractivity contribution in [2.24, 2.45) is 5.73 Å². The largest absolute Gasteiger partial charge is 0.469 e. The van der Waals surface area contributed by atoms with Gasteiger partial charge in [0.05, 0.1) is 24.9 Å². The highest BCUT2D eigenvalue weighted by molar-refractivity contribution is 5.92. The zero-order chi connectivity index (χ0) is 17.3. The molecule has 1 aliphatic heterocycles. The lowest BCUT2D eigenvalue weighted by atomic mass is 10.0. The summed E-state index contributed by atoms with van der Waals surface area (Å²) in [5.74, 6) is -0.791. The smallest absolute Gasteiger partial charge is 0.309 e. The van der Waals surface area contributed by atoms with Crippen LogP contribution in [0.3, 0.4) is 0 Å². The van der Waals surface area contributed by atoms with Crippen LogP contribution in [-0.2, 0) is 28.9 Å². The summed E-state index contributed by atoms with van der Waals surface area (Å²) in [6.45, 7) is 1.56. The highest BCUT2D eigenvalue weighted by atomic mass is 16.5. The number of esters is 1. The summed E-state index contributed by atoms with van der Waals surface area (Å²) in [5.41, 5.74) is 9.43. The van der Waals surface area contributed by atoms with Crippen LogP contribution in [0.5, 0.6) is 0 Å². The minimum absolute atomic E-state index is 0.228. The van der Waals surface area contributed by atoms with Crippen molar-refractivity contribution >= 4 is 11.9 Å². The number of nitrogens with zero attached hydrogens (tertiary/aromatic N) is 3. The maximum atomic E-state index is 11.7. The molecule has 1 amide bonds. The van der Waals surface area contributed by atoms with Gasteiger partial charge in [0.2, 0.25) is 0 Å². The van der Waals surface area contributed by atoms with E-state index in [4.69, 9.17) is 5.73 Å². The third-order valence-electron chi connectivity index (χ3n) is 4.24. The van der Waals surface area contributed by atoms with Crippen LogP contribution in [0.4, 0.5) is 0 Å². The van der Waals surface area contributed by atoms with Gasteiger partial charge in [0, 0.05) is 25.1 Å². The van der Waals surface area contributed by atoms with Crippen molar-refractivity contribution in [3.63, 3.8) is 0 Å². The molecule has 0 saturated heterocycles. The van der Waals surface area contributed by atoms with Gasteiger partial charge in [0.1, 0.15) is 0 Å². The Morgan fingerprint density at radius 3 is 2.62 bits per heavy atom. The highest BCUT2D eigenvalue weighted by Gasteiger charge is 2.26. The van der Waals surface area contributed by atoms with Gasteiger partial charge in [-0.25, -0.2) is 4.68 Å². The summed E-state index contributed by atoms with van der Waals surface area (Å²) in [6.07, 6.45) is 1.03. The fourth-order valence-corrected chi connectivity index (χ4v) is 2.96. The molecule has 0 saturated carbocycles. The van der Waals surface area contributed by atoms with E-state index >= 15 is 0 Å². The molecule has 0 spiro atoms.